The lowest BCUT2D eigenvalue weighted by atomic mass is 9.90. The van der Waals surface area contributed by atoms with Gasteiger partial charge in [-0.05, 0) is 49.4 Å². The van der Waals surface area contributed by atoms with Crippen molar-refractivity contribution in [2.75, 3.05) is 33.9 Å². The Balaban J connectivity index is 1.83. The number of carbonyl (C=O) groups is 1. The number of piperidine rings is 1. The summed E-state index contributed by atoms with van der Waals surface area (Å²) in [5.41, 5.74) is 2.66. The largest absolute Gasteiger partial charge is 0.493 e. The Hall–Kier alpha value is -1.75. The molecule has 2 heterocycles. The molecular weight excluding hydrogens is 304 g/mol. The number of hydrogen-bond acceptors (Lipinski definition) is 4. The Labute approximate surface area is 144 Å². The van der Waals surface area contributed by atoms with Gasteiger partial charge in [-0.1, -0.05) is 0 Å². The maximum absolute atomic E-state index is 11.7. The van der Waals surface area contributed by atoms with Crippen LogP contribution in [0.2, 0.25) is 0 Å². The van der Waals surface area contributed by atoms with Crippen LogP contribution in [0.4, 0.5) is 0 Å². The third-order valence-corrected chi connectivity index (χ3v) is 5.54. The zero-order valence-electron chi connectivity index (χ0n) is 15.2. The molecule has 1 fully saturated rings. The number of benzene rings is 1. The number of likely N-dealkylation sites (tertiary alicyclic amines) is 1. The second kappa shape index (κ2) is 7.01. The average molecular weight is 332 g/mol. The molecule has 0 saturated carbocycles. The Kier molecular flexibility index (Phi) is 4.99. The van der Waals surface area contributed by atoms with E-state index in [1.54, 1.807) is 21.1 Å². The molecule has 0 radical (unpaired) electrons. The van der Waals surface area contributed by atoms with Gasteiger partial charge in [-0.3, -0.25) is 9.69 Å². The molecule has 0 aliphatic carbocycles. The molecule has 0 unspecified atom stereocenters. The minimum atomic E-state index is 0.191. The van der Waals surface area contributed by atoms with Crippen molar-refractivity contribution >= 4 is 5.91 Å². The minimum absolute atomic E-state index is 0.191. The van der Waals surface area contributed by atoms with Crippen molar-refractivity contribution in [2.45, 2.75) is 45.2 Å². The van der Waals surface area contributed by atoms with E-state index in [2.05, 4.69) is 24.0 Å². The zero-order chi connectivity index (χ0) is 17.3. The molecule has 5 nitrogen and oxygen atoms in total. The summed E-state index contributed by atoms with van der Waals surface area (Å²) < 4.78 is 10.9. The summed E-state index contributed by atoms with van der Waals surface area (Å²) in [5.74, 6) is 1.78. The van der Waals surface area contributed by atoms with Crippen LogP contribution in [0.5, 0.6) is 11.5 Å². The monoisotopic (exact) mass is 332 g/mol. The number of ether oxygens (including phenoxy) is 2. The standard InChI is InChI=1S/C19H28N2O3/c1-13-17-11-19(24-4)18(23-3)10-15(17)7-9-21(13)16-6-5-8-20(12-16)14(2)22/h10-11,13,16H,5-9,12H2,1-4H3/t13-,16+/m1/s1. The molecule has 2 atom stereocenters. The lowest BCUT2D eigenvalue weighted by Crippen LogP contribution is -2.51. The van der Waals surface area contributed by atoms with Crippen molar-refractivity contribution in [3.63, 3.8) is 0 Å². The second-order valence-electron chi connectivity index (χ2n) is 6.83. The van der Waals surface area contributed by atoms with E-state index in [1.807, 2.05) is 4.90 Å². The van der Waals surface area contributed by atoms with Gasteiger partial charge in [0.1, 0.15) is 0 Å². The first-order valence-electron chi connectivity index (χ1n) is 8.81. The molecule has 1 aromatic rings. The molecule has 0 spiro atoms. The smallest absolute Gasteiger partial charge is 0.219 e. The van der Waals surface area contributed by atoms with Crippen LogP contribution in [-0.4, -0.2) is 55.6 Å². The van der Waals surface area contributed by atoms with E-state index in [4.69, 9.17) is 9.47 Å². The summed E-state index contributed by atoms with van der Waals surface area (Å²) in [5, 5.41) is 0. The lowest BCUT2D eigenvalue weighted by molar-refractivity contribution is -0.131. The van der Waals surface area contributed by atoms with Crippen molar-refractivity contribution in [2.24, 2.45) is 0 Å². The number of methoxy groups -OCH3 is 2. The van der Waals surface area contributed by atoms with Crippen LogP contribution in [-0.2, 0) is 11.2 Å². The molecule has 5 heteroatoms. The van der Waals surface area contributed by atoms with Crippen molar-refractivity contribution in [1.29, 1.82) is 0 Å². The Morgan fingerprint density at radius 2 is 1.88 bits per heavy atom. The molecule has 1 amide bonds. The number of rotatable bonds is 3. The van der Waals surface area contributed by atoms with Gasteiger partial charge >= 0.3 is 0 Å². The van der Waals surface area contributed by atoms with Crippen molar-refractivity contribution in [3.05, 3.63) is 23.3 Å². The highest BCUT2D eigenvalue weighted by Gasteiger charge is 2.33. The Morgan fingerprint density at radius 3 is 2.54 bits per heavy atom. The highest BCUT2D eigenvalue weighted by molar-refractivity contribution is 5.73. The van der Waals surface area contributed by atoms with Crippen LogP contribution in [0.15, 0.2) is 12.1 Å². The fourth-order valence-electron chi connectivity index (χ4n) is 4.17. The number of fused-ring (bicyclic) bond motifs is 1. The summed E-state index contributed by atoms with van der Waals surface area (Å²) in [4.78, 5) is 16.3. The molecule has 0 N–H and O–H groups in total. The van der Waals surface area contributed by atoms with Gasteiger partial charge in [0, 0.05) is 38.6 Å². The third kappa shape index (κ3) is 3.09. The summed E-state index contributed by atoms with van der Waals surface area (Å²) in [7, 11) is 3.36. The fraction of sp³-hybridized carbons (Fsp3) is 0.632. The first-order chi connectivity index (χ1) is 11.5. The van der Waals surface area contributed by atoms with Gasteiger partial charge in [0.05, 0.1) is 14.2 Å². The fourth-order valence-corrected chi connectivity index (χ4v) is 4.17. The van der Waals surface area contributed by atoms with Crippen LogP contribution < -0.4 is 9.47 Å². The number of amides is 1. The molecule has 132 valence electrons. The number of carbonyl (C=O) groups excluding carboxylic acids is 1. The van der Waals surface area contributed by atoms with Crippen molar-refractivity contribution < 1.29 is 14.3 Å². The van der Waals surface area contributed by atoms with E-state index in [9.17, 15) is 4.79 Å². The molecular formula is C19H28N2O3. The van der Waals surface area contributed by atoms with Gasteiger partial charge in [0.15, 0.2) is 11.5 Å². The first-order valence-corrected chi connectivity index (χ1v) is 8.81. The molecule has 0 bridgehead atoms. The molecule has 0 aromatic heterocycles. The number of hydrogen-bond donors (Lipinski definition) is 0. The van der Waals surface area contributed by atoms with E-state index in [1.165, 1.54) is 11.1 Å². The van der Waals surface area contributed by atoms with Gasteiger partial charge in [0.25, 0.3) is 0 Å². The predicted molar refractivity (Wildman–Crippen MR) is 93.6 cm³/mol. The minimum Gasteiger partial charge on any atom is -0.493 e. The molecule has 24 heavy (non-hydrogen) atoms. The first kappa shape index (κ1) is 17.1. The highest BCUT2D eigenvalue weighted by atomic mass is 16.5. The van der Waals surface area contributed by atoms with Gasteiger partial charge in [-0.2, -0.15) is 0 Å². The Bertz CT molecular complexity index is 617. The summed E-state index contributed by atoms with van der Waals surface area (Å²) >= 11 is 0. The molecule has 1 saturated heterocycles. The predicted octanol–water partition coefficient (Wildman–Crippen LogP) is 2.63. The van der Waals surface area contributed by atoms with E-state index in [-0.39, 0.29) is 5.91 Å². The van der Waals surface area contributed by atoms with Crippen LogP contribution in [0.3, 0.4) is 0 Å². The van der Waals surface area contributed by atoms with Crippen LogP contribution >= 0.6 is 0 Å². The topological polar surface area (TPSA) is 42.0 Å². The molecule has 3 rings (SSSR count). The summed E-state index contributed by atoms with van der Waals surface area (Å²) in [6, 6.07) is 5.01. The van der Waals surface area contributed by atoms with Gasteiger partial charge in [-0.15, -0.1) is 0 Å². The highest BCUT2D eigenvalue weighted by Crippen LogP contribution is 2.39. The molecule has 2 aliphatic rings. The second-order valence-corrected chi connectivity index (χ2v) is 6.83. The quantitative estimate of drug-likeness (QED) is 0.853. The van der Waals surface area contributed by atoms with E-state index in [0.717, 1.165) is 50.4 Å². The van der Waals surface area contributed by atoms with Gasteiger partial charge in [-0.25, -0.2) is 0 Å². The van der Waals surface area contributed by atoms with Gasteiger partial charge in [0.2, 0.25) is 5.91 Å². The van der Waals surface area contributed by atoms with Crippen LogP contribution in [0, 0.1) is 0 Å². The Morgan fingerprint density at radius 1 is 1.17 bits per heavy atom. The number of nitrogens with zero attached hydrogens (tertiary/aromatic N) is 2. The lowest BCUT2D eigenvalue weighted by Gasteiger charge is -2.44. The SMILES string of the molecule is COc1cc2c(cc1OC)[C@@H](C)N([C@H]1CCCN(C(C)=O)C1)CC2. The van der Waals surface area contributed by atoms with Gasteiger partial charge < -0.3 is 14.4 Å². The van der Waals surface area contributed by atoms with E-state index >= 15 is 0 Å². The van der Waals surface area contributed by atoms with Crippen LogP contribution in [0.25, 0.3) is 0 Å². The third-order valence-electron chi connectivity index (χ3n) is 5.54. The summed E-state index contributed by atoms with van der Waals surface area (Å²) in [6.07, 6.45) is 3.26. The molecule has 2 aliphatic heterocycles. The van der Waals surface area contributed by atoms with E-state index in [0.29, 0.717) is 12.1 Å². The normalized spacial score (nSPS) is 24.4. The van der Waals surface area contributed by atoms with Crippen molar-refractivity contribution in [3.8, 4) is 11.5 Å². The van der Waals surface area contributed by atoms with Crippen LogP contribution in [0.1, 0.15) is 43.9 Å². The van der Waals surface area contributed by atoms with Crippen molar-refractivity contribution in [1.82, 2.24) is 9.80 Å². The zero-order valence-corrected chi connectivity index (χ0v) is 15.2. The average Bonchev–Trinajstić information content (AvgIpc) is 2.61. The maximum Gasteiger partial charge on any atom is 0.219 e. The summed E-state index contributed by atoms with van der Waals surface area (Å²) in [6.45, 7) is 6.71. The maximum atomic E-state index is 11.7. The van der Waals surface area contributed by atoms with E-state index < -0.39 is 0 Å². The molecule has 1 aromatic carbocycles.